The molecule has 0 unspecified atom stereocenters. The molecule has 0 saturated carbocycles. The van der Waals surface area contributed by atoms with E-state index < -0.39 is 0 Å². The highest BCUT2D eigenvalue weighted by Gasteiger charge is 1.80. The second-order valence-corrected chi connectivity index (χ2v) is 3.63. The lowest BCUT2D eigenvalue weighted by molar-refractivity contribution is 0.260. The molecule has 1 nitrogen and oxygen atoms in total. The van der Waals surface area contributed by atoms with Gasteiger partial charge in [0.1, 0.15) is 5.94 Å². The maximum atomic E-state index is 4.79. The topological polar surface area (TPSA) is 9.23 Å². The largest absolute Gasteiger partial charge is 0.373 e. The summed E-state index contributed by atoms with van der Waals surface area (Å²) in [7, 11) is 5.28. The number of hydrogen-bond donors (Lipinski definition) is 0. The first kappa shape index (κ1) is 7.66. The molecule has 0 aliphatic heterocycles. The first-order valence-electron chi connectivity index (χ1n) is 2.15. The van der Waals surface area contributed by atoms with Crippen molar-refractivity contribution < 1.29 is 4.74 Å². The highest BCUT2D eigenvalue weighted by molar-refractivity contribution is 8.76. The minimum atomic E-state index is 0.804. The van der Waals surface area contributed by atoms with Gasteiger partial charge in [0.2, 0.25) is 0 Å². The van der Waals surface area contributed by atoms with Crippen LogP contribution in [-0.2, 0) is 4.74 Å². The second-order valence-electron chi connectivity index (χ2n) is 0.931. The van der Waals surface area contributed by atoms with Gasteiger partial charge in [-0.05, 0) is 0 Å². The summed E-state index contributed by atoms with van der Waals surface area (Å²) in [5.41, 5.74) is 0. The molecule has 0 aliphatic carbocycles. The van der Waals surface area contributed by atoms with Crippen molar-refractivity contribution in [3.63, 3.8) is 0 Å². The highest BCUT2D eigenvalue weighted by Crippen LogP contribution is 2.19. The van der Waals surface area contributed by atoms with Crippen LogP contribution in [-0.4, -0.2) is 18.8 Å². The van der Waals surface area contributed by atoms with Crippen LogP contribution in [0.2, 0.25) is 0 Å². The molecule has 0 bridgehead atoms. The molecule has 0 N–H and O–H groups in total. The minimum absolute atomic E-state index is 0.804. The van der Waals surface area contributed by atoms with E-state index in [2.05, 4.69) is 6.92 Å². The van der Waals surface area contributed by atoms with Crippen molar-refractivity contribution in [2.24, 2.45) is 0 Å². The van der Waals surface area contributed by atoms with Crippen molar-refractivity contribution in [2.45, 2.75) is 6.92 Å². The Hall–Kier alpha value is 0.660. The van der Waals surface area contributed by atoms with Crippen LogP contribution in [0.3, 0.4) is 0 Å². The van der Waals surface area contributed by atoms with Crippen LogP contribution in [0.1, 0.15) is 6.92 Å². The predicted octanol–water partition coefficient (Wildman–Crippen LogP) is 1.99. The van der Waals surface area contributed by atoms with Crippen molar-refractivity contribution in [3.05, 3.63) is 0 Å². The standard InChI is InChI=1S/C4H10OS2/c1-3-6-7-4-5-2/h3-4H2,1-2H3. The van der Waals surface area contributed by atoms with Gasteiger partial charge < -0.3 is 4.74 Å². The van der Waals surface area contributed by atoms with Crippen molar-refractivity contribution in [1.29, 1.82) is 0 Å². The van der Waals surface area contributed by atoms with Crippen LogP contribution in [0, 0.1) is 0 Å². The fourth-order valence-corrected chi connectivity index (χ4v) is 1.49. The third kappa shape index (κ3) is 6.66. The Labute approximate surface area is 52.6 Å². The summed E-state index contributed by atoms with van der Waals surface area (Å²) in [4.78, 5) is 0. The fraction of sp³-hybridized carbons (Fsp3) is 1.00. The monoisotopic (exact) mass is 138 g/mol. The molecule has 0 aromatic carbocycles. The third-order valence-corrected chi connectivity index (χ3v) is 2.60. The van der Waals surface area contributed by atoms with Gasteiger partial charge in [0, 0.05) is 12.9 Å². The van der Waals surface area contributed by atoms with Crippen molar-refractivity contribution >= 4 is 21.6 Å². The maximum Gasteiger partial charge on any atom is 0.102 e. The van der Waals surface area contributed by atoms with Crippen LogP contribution >= 0.6 is 21.6 Å². The summed E-state index contributed by atoms with van der Waals surface area (Å²) in [5.74, 6) is 1.96. The van der Waals surface area contributed by atoms with E-state index in [0.29, 0.717) is 0 Å². The summed E-state index contributed by atoms with van der Waals surface area (Å²) in [6, 6.07) is 0. The van der Waals surface area contributed by atoms with Gasteiger partial charge in [-0.2, -0.15) is 0 Å². The summed E-state index contributed by atoms with van der Waals surface area (Å²) in [5, 5.41) is 0. The SMILES string of the molecule is CCSSCOC. The molecule has 0 aromatic rings. The molecule has 44 valence electrons. The molecule has 0 saturated heterocycles. The molecule has 0 atom stereocenters. The van der Waals surface area contributed by atoms with E-state index in [-0.39, 0.29) is 0 Å². The predicted molar refractivity (Wildman–Crippen MR) is 37.6 cm³/mol. The summed E-state index contributed by atoms with van der Waals surface area (Å²) in [6.07, 6.45) is 0. The molecule has 0 radical (unpaired) electrons. The van der Waals surface area contributed by atoms with E-state index >= 15 is 0 Å². The fourth-order valence-electron chi connectivity index (χ4n) is 0.165. The van der Waals surface area contributed by atoms with E-state index in [4.69, 9.17) is 4.74 Å². The Kier molecular flexibility index (Phi) is 7.29. The van der Waals surface area contributed by atoms with Gasteiger partial charge in [0.15, 0.2) is 0 Å². The van der Waals surface area contributed by atoms with Gasteiger partial charge in [0.05, 0.1) is 0 Å². The molecule has 0 rings (SSSR count). The Morgan fingerprint density at radius 3 is 2.57 bits per heavy atom. The average molecular weight is 138 g/mol. The first-order valence-corrected chi connectivity index (χ1v) is 4.64. The number of methoxy groups -OCH3 is 1. The van der Waals surface area contributed by atoms with E-state index in [9.17, 15) is 0 Å². The molecule has 0 aliphatic rings. The Balaban J connectivity index is 2.45. The van der Waals surface area contributed by atoms with E-state index in [1.165, 1.54) is 0 Å². The molecule has 0 fully saturated rings. The van der Waals surface area contributed by atoms with Crippen LogP contribution in [0.25, 0.3) is 0 Å². The number of rotatable bonds is 4. The van der Waals surface area contributed by atoms with Crippen molar-refractivity contribution in [3.8, 4) is 0 Å². The second kappa shape index (κ2) is 6.66. The summed E-state index contributed by atoms with van der Waals surface area (Å²) < 4.78 is 4.79. The zero-order chi connectivity index (χ0) is 5.54. The molecule has 0 amide bonds. The molecule has 0 spiro atoms. The molecular formula is C4H10OS2. The maximum absolute atomic E-state index is 4.79. The lowest BCUT2D eigenvalue weighted by Gasteiger charge is -1.92. The highest BCUT2D eigenvalue weighted by atomic mass is 33.1. The molecule has 0 aromatic heterocycles. The van der Waals surface area contributed by atoms with E-state index in [1.807, 2.05) is 10.8 Å². The van der Waals surface area contributed by atoms with Crippen LogP contribution in [0.15, 0.2) is 0 Å². The van der Waals surface area contributed by atoms with Crippen LogP contribution in [0.5, 0.6) is 0 Å². The smallest absolute Gasteiger partial charge is 0.102 e. The normalized spacial score (nSPS) is 9.43. The lowest BCUT2D eigenvalue weighted by Crippen LogP contribution is -1.75. The van der Waals surface area contributed by atoms with Gasteiger partial charge in [-0.1, -0.05) is 28.5 Å². The Morgan fingerprint density at radius 1 is 1.43 bits per heavy atom. The van der Waals surface area contributed by atoms with Gasteiger partial charge in [-0.25, -0.2) is 0 Å². The van der Waals surface area contributed by atoms with Crippen LogP contribution in [0.4, 0.5) is 0 Å². The number of hydrogen-bond acceptors (Lipinski definition) is 3. The Bertz CT molecular complexity index is 28.9. The summed E-state index contributed by atoms with van der Waals surface area (Å²) >= 11 is 0. The van der Waals surface area contributed by atoms with Gasteiger partial charge in [-0.3, -0.25) is 0 Å². The molecule has 3 heteroatoms. The molecule has 7 heavy (non-hydrogen) atoms. The minimum Gasteiger partial charge on any atom is -0.373 e. The Morgan fingerprint density at radius 2 is 2.14 bits per heavy atom. The molecule has 0 heterocycles. The quantitative estimate of drug-likeness (QED) is 0.334. The van der Waals surface area contributed by atoms with Crippen LogP contribution < -0.4 is 0 Å². The molecular weight excluding hydrogens is 128 g/mol. The van der Waals surface area contributed by atoms with Crippen molar-refractivity contribution in [2.75, 3.05) is 18.8 Å². The zero-order valence-electron chi connectivity index (χ0n) is 4.64. The number of ether oxygens (including phenoxy) is 1. The van der Waals surface area contributed by atoms with Gasteiger partial charge in [0.25, 0.3) is 0 Å². The third-order valence-electron chi connectivity index (χ3n) is 0.367. The van der Waals surface area contributed by atoms with Crippen molar-refractivity contribution in [1.82, 2.24) is 0 Å². The first-order chi connectivity index (χ1) is 3.41. The van der Waals surface area contributed by atoms with Gasteiger partial charge in [-0.15, -0.1) is 0 Å². The average Bonchev–Trinajstić information content (AvgIpc) is 1.69. The van der Waals surface area contributed by atoms with Gasteiger partial charge >= 0.3 is 0 Å². The van der Waals surface area contributed by atoms with E-state index in [0.717, 1.165) is 11.7 Å². The lowest BCUT2D eigenvalue weighted by atomic mass is 11.0. The zero-order valence-corrected chi connectivity index (χ0v) is 6.27. The van der Waals surface area contributed by atoms with E-state index in [1.54, 1.807) is 17.9 Å². The summed E-state index contributed by atoms with van der Waals surface area (Å²) in [6.45, 7) is 2.13.